The fraction of sp³-hybridized carbons (Fsp3) is 0.214. The van der Waals surface area contributed by atoms with E-state index in [2.05, 4.69) is 10.4 Å². The molecule has 0 unspecified atom stereocenters. The number of hydrogen-bond donors (Lipinski definition) is 1. The first kappa shape index (κ1) is 12.4. The summed E-state index contributed by atoms with van der Waals surface area (Å²) < 4.78 is 8.24. The molecule has 0 saturated heterocycles. The van der Waals surface area contributed by atoms with E-state index < -0.39 is 0 Å². The lowest BCUT2D eigenvalue weighted by Crippen LogP contribution is -2.36. The highest BCUT2D eigenvalue weighted by molar-refractivity contribution is 5.38. The van der Waals surface area contributed by atoms with E-state index in [-0.39, 0.29) is 5.63 Å². The monoisotopic (exact) mass is 271 g/mol. The average Bonchev–Trinajstić information content (AvgIpc) is 2.94. The van der Waals surface area contributed by atoms with E-state index in [0.29, 0.717) is 5.69 Å². The van der Waals surface area contributed by atoms with Gasteiger partial charge in [0.05, 0.1) is 11.4 Å². The standard InChI is InChI=1S/C14H14N4O2/c1-9-8-10(2)17(15-9)12-4-6-13(7-5-12)18-11(3)14(19)20-16-18/h4-8H,1-3H3/p+1. The molecule has 102 valence electrons. The van der Waals surface area contributed by atoms with Gasteiger partial charge in [-0.05, 0) is 42.0 Å². The number of aryl methyl sites for hydroxylation is 2. The van der Waals surface area contributed by atoms with Crippen molar-refractivity contribution in [1.29, 1.82) is 0 Å². The second kappa shape index (κ2) is 4.48. The minimum atomic E-state index is -0.368. The van der Waals surface area contributed by atoms with Crippen molar-refractivity contribution < 1.29 is 9.20 Å². The summed E-state index contributed by atoms with van der Waals surface area (Å²) in [4.78, 5) is 11.3. The molecular formula is C14H15N4O2+. The van der Waals surface area contributed by atoms with Crippen LogP contribution in [0.1, 0.15) is 17.1 Å². The molecule has 3 aromatic rings. The van der Waals surface area contributed by atoms with Gasteiger partial charge in [-0.1, -0.05) is 0 Å². The van der Waals surface area contributed by atoms with Crippen LogP contribution < -0.4 is 10.3 Å². The Hall–Kier alpha value is -2.63. The maximum absolute atomic E-state index is 11.3. The summed E-state index contributed by atoms with van der Waals surface area (Å²) in [6.07, 6.45) is 0. The van der Waals surface area contributed by atoms with E-state index in [4.69, 9.17) is 4.52 Å². The molecule has 1 aromatic carbocycles. The summed E-state index contributed by atoms with van der Waals surface area (Å²) in [5.41, 5.74) is 4.00. The Morgan fingerprint density at radius 2 is 1.90 bits per heavy atom. The molecule has 0 aliphatic carbocycles. The van der Waals surface area contributed by atoms with Crippen molar-refractivity contribution in [2.45, 2.75) is 20.8 Å². The van der Waals surface area contributed by atoms with Crippen LogP contribution in [0.3, 0.4) is 0 Å². The Morgan fingerprint density at radius 1 is 1.20 bits per heavy atom. The molecule has 6 nitrogen and oxygen atoms in total. The van der Waals surface area contributed by atoms with Gasteiger partial charge >= 0.3 is 5.63 Å². The zero-order valence-corrected chi connectivity index (χ0v) is 11.5. The fourth-order valence-electron chi connectivity index (χ4n) is 2.20. The number of H-pyrrole nitrogens is 1. The molecule has 0 aliphatic rings. The van der Waals surface area contributed by atoms with E-state index in [9.17, 15) is 4.79 Å². The highest BCUT2D eigenvalue weighted by atomic mass is 16.5. The van der Waals surface area contributed by atoms with Crippen molar-refractivity contribution in [3.63, 3.8) is 0 Å². The van der Waals surface area contributed by atoms with Crippen molar-refractivity contribution in [2.24, 2.45) is 0 Å². The normalized spacial score (nSPS) is 10.9. The van der Waals surface area contributed by atoms with Crippen molar-refractivity contribution in [2.75, 3.05) is 0 Å². The smallest absolute Gasteiger partial charge is 0.283 e. The summed E-state index contributed by atoms with van der Waals surface area (Å²) in [7, 11) is 0. The van der Waals surface area contributed by atoms with Crippen LogP contribution >= 0.6 is 0 Å². The minimum Gasteiger partial charge on any atom is -0.283 e. The van der Waals surface area contributed by atoms with Crippen LogP contribution in [0.4, 0.5) is 0 Å². The van der Waals surface area contributed by atoms with Gasteiger partial charge in [-0.15, -0.1) is 0 Å². The van der Waals surface area contributed by atoms with Crippen LogP contribution in [0, 0.1) is 20.8 Å². The van der Waals surface area contributed by atoms with Gasteiger partial charge in [0.1, 0.15) is 0 Å². The van der Waals surface area contributed by atoms with Crippen LogP contribution in [-0.2, 0) is 0 Å². The number of aromatic nitrogens is 4. The van der Waals surface area contributed by atoms with Crippen LogP contribution in [-0.4, -0.2) is 15.1 Å². The van der Waals surface area contributed by atoms with E-state index in [1.54, 1.807) is 11.6 Å². The minimum absolute atomic E-state index is 0.368. The largest absolute Gasteiger partial charge is 0.430 e. The molecule has 0 spiro atoms. The highest BCUT2D eigenvalue weighted by Gasteiger charge is 2.18. The van der Waals surface area contributed by atoms with Gasteiger partial charge in [-0.25, -0.2) is 9.48 Å². The van der Waals surface area contributed by atoms with Crippen molar-refractivity contribution in [1.82, 2.24) is 15.1 Å². The molecule has 20 heavy (non-hydrogen) atoms. The van der Waals surface area contributed by atoms with Crippen LogP contribution in [0.15, 0.2) is 39.6 Å². The number of rotatable bonds is 2. The lowest BCUT2D eigenvalue weighted by atomic mass is 10.2. The summed E-state index contributed by atoms with van der Waals surface area (Å²) >= 11 is 0. The Bertz CT molecular complexity index is 809. The molecule has 0 atom stereocenters. The molecule has 2 heterocycles. The van der Waals surface area contributed by atoms with Crippen LogP contribution in [0.25, 0.3) is 11.4 Å². The van der Waals surface area contributed by atoms with E-state index in [1.165, 1.54) is 0 Å². The first-order valence-corrected chi connectivity index (χ1v) is 6.30. The van der Waals surface area contributed by atoms with E-state index >= 15 is 0 Å². The van der Waals surface area contributed by atoms with Gasteiger partial charge in [0.15, 0.2) is 0 Å². The highest BCUT2D eigenvalue weighted by Crippen LogP contribution is 2.12. The van der Waals surface area contributed by atoms with Gasteiger partial charge in [0, 0.05) is 24.8 Å². The summed E-state index contributed by atoms with van der Waals surface area (Å²) in [6.45, 7) is 5.69. The third-order valence-corrected chi connectivity index (χ3v) is 3.22. The summed E-state index contributed by atoms with van der Waals surface area (Å²) in [5.74, 6) is 0. The number of benzene rings is 1. The third kappa shape index (κ3) is 1.95. The van der Waals surface area contributed by atoms with Gasteiger partial charge in [-0.2, -0.15) is 5.10 Å². The maximum atomic E-state index is 11.3. The molecular weight excluding hydrogens is 256 g/mol. The predicted molar refractivity (Wildman–Crippen MR) is 72.2 cm³/mol. The Morgan fingerprint density at radius 3 is 2.40 bits per heavy atom. The summed E-state index contributed by atoms with van der Waals surface area (Å²) in [6, 6.07) is 9.74. The fourth-order valence-corrected chi connectivity index (χ4v) is 2.20. The first-order chi connectivity index (χ1) is 9.56. The number of aromatic amines is 1. The predicted octanol–water partition coefficient (Wildman–Crippen LogP) is 1.36. The second-order valence-corrected chi connectivity index (χ2v) is 4.76. The zero-order valence-electron chi connectivity index (χ0n) is 11.5. The number of nitrogens with one attached hydrogen (secondary N) is 1. The third-order valence-electron chi connectivity index (χ3n) is 3.22. The summed E-state index contributed by atoms with van der Waals surface area (Å²) in [5, 5.41) is 7.01. The van der Waals surface area contributed by atoms with Gasteiger partial charge in [-0.3, -0.25) is 4.52 Å². The van der Waals surface area contributed by atoms with Gasteiger partial charge in [0.25, 0.3) is 5.69 Å². The quantitative estimate of drug-likeness (QED) is 0.715. The average molecular weight is 271 g/mol. The van der Waals surface area contributed by atoms with Crippen molar-refractivity contribution in [3.8, 4) is 11.4 Å². The van der Waals surface area contributed by atoms with Crippen LogP contribution in [0.2, 0.25) is 0 Å². The molecule has 2 aromatic heterocycles. The first-order valence-electron chi connectivity index (χ1n) is 6.30. The van der Waals surface area contributed by atoms with Crippen molar-refractivity contribution in [3.05, 3.63) is 57.8 Å². The SMILES string of the molecule is Cc1cc(C)n(-c2ccc(-[n+]3[nH]oc(=O)c3C)cc2)n1. The molecule has 0 aliphatic heterocycles. The second-order valence-electron chi connectivity index (χ2n) is 4.76. The van der Waals surface area contributed by atoms with Crippen LogP contribution in [0.5, 0.6) is 0 Å². The Kier molecular flexibility index (Phi) is 2.78. The van der Waals surface area contributed by atoms with Crippen molar-refractivity contribution >= 4 is 0 Å². The molecule has 0 saturated carbocycles. The topological polar surface area (TPSA) is 67.7 Å². The molecule has 3 rings (SSSR count). The van der Waals surface area contributed by atoms with Gasteiger partial charge < -0.3 is 0 Å². The number of nitrogens with zero attached hydrogens (tertiary/aromatic N) is 3. The maximum Gasteiger partial charge on any atom is 0.430 e. The molecule has 1 N–H and O–H groups in total. The lowest BCUT2D eigenvalue weighted by Gasteiger charge is -2.03. The van der Waals surface area contributed by atoms with E-state index in [0.717, 1.165) is 22.8 Å². The Balaban J connectivity index is 2.02. The molecule has 0 fully saturated rings. The molecule has 0 amide bonds. The molecule has 0 radical (unpaired) electrons. The van der Waals surface area contributed by atoms with E-state index in [1.807, 2.05) is 48.9 Å². The lowest BCUT2D eigenvalue weighted by molar-refractivity contribution is -0.676. The molecule has 6 heteroatoms. The molecule has 0 bridgehead atoms. The number of hydrogen-bond acceptors (Lipinski definition) is 3. The zero-order chi connectivity index (χ0) is 14.3. The van der Waals surface area contributed by atoms with Gasteiger partial charge in [0.2, 0.25) is 5.69 Å². The Labute approximate surface area is 115 Å².